The number of nitrogens with one attached hydrogen (secondary N) is 1. The third kappa shape index (κ3) is 4.87. The van der Waals surface area contributed by atoms with E-state index in [1.807, 2.05) is 12.1 Å². The average molecular weight is 420 g/mol. The second-order valence-corrected chi connectivity index (χ2v) is 9.02. The van der Waals surface area contributed by atoms with Crippen molar-refractivity contribution in [3.05, 3.63) is 54.3 Å². The maximum Gasteiger partial charge on any atom is 0.248 e. The maximum atomic E-state index is 14.3. The highest BCUT2D eigenvalue weighted by Crippen LogP contribution is 2.27. The number of benzene rings is 2. The molecule has 0 spiro atoms. The minimum atomic E-state index is -3.88. The molecule has 156 valence electrons. The highest BCUT2D eigenvalue weighted by Gasteiger charge is 2.33. The lowest BCUT2D eigenvalue weighted by Gasteiger charge is -2.30. The van der Waals surface area contributed by atoms with Crippen molar-refractivity contribution < 1.29 is 17.6 Å². The Morgan fingerprint density at radius 2 is 1.76 bits per heavy atom. The molecule has 1 atom stereocenters. The number of para-hydroxylation sites is 1. The van der Waals surface area contributed by atoms with Crippen molar-refractivity contribution in [3.63, 3.8) is 0 Å². The van der Waals surface area contributed by atoms with Crippen molar-refractivity contribution in [1.82, 2.24) is 0 Å². The Morgan fingerprint density at radius 3 is 2.31 bits per heavy atom. The smallest absolute Gasteiger partial charge is 0.248 e. The second kappa shape index (κ2) is 8.82. The van der Waals surface area contributed by atoms with Gasteiger partial charge in [0, 0.05) is 24.5 Å². The molecule has 1 heterocycles. The highest BCUT2D eigenvalue weighted by atomic mass is 32.2. The number of nitrogens with zero attached hydrogens (tertiary/aromatic N) is 2. The summed E-state index contributed by atoms with van der Waals surface area (Å²) in [5.41, 5.74) is 1.52. The van der Waals surface area contributed by atoms with Gasteiger partial charge in [0.05, 0.1) is 11.9 Å². The van der Waals surface area contributed by atoms with E-state index in [1.165, 1.54) is 37.1 Å². The van der Waals surface area contributed by atoms with Gasteiger partial charge in [-0.1, -0.05) is 19.1 Å². The molecule has 1 fully saturated rings. The van der Waals surface area contributed by atoms with E-state index in [4.69, 9.17) is 0 Å². The van der Waals surface area contributed by atoms with Crippen LogP contribution in [0.4, 0.5) is 21.5 Å². The van der Waals surface area contributed by atoms with Crippen LogP contribution < -0.4 is 14.5 Å². The first kappa shape index (κ1) is 21.1. The zero-order valence-electron chi connectivity index (χ0n) is 16.6. The number of hydrogen-bond acceptors (Lipinski definition) is 4. The van der Waals surface area contributed by atoms with Crippen molar-refractivity contribution in [1.29, 1.82) is 0 Å². The summed E-state index contributed by atoms with van der Waals surface area (Å²) in [6.45, 7) is 3.74. The van der Waals surface area contributed by atoms with Gasteiger partial charge in [-0.3, -0.25) is 9.10 Å². The number of carbonyl (C=O) groups excluding carboxylic acids is 1. The summed E-state index contributed by atoms with van der Waals surface area (Å²) >= 11 is 0. The number of rotatable bonds is 7. The largest absolute Gasteiger partial charge is 0.372 e. The minimum absolute atomic E-state index is 0.138. The van der Waals surface area contributed by atoms with Gasteiger partial charge in [-0.15, -0.1) is 0 Å². The molecular formula is C21H26FN3O3S. The Kier molecular flexibility index (Phi) is 6.42. The first-order valence-corrected chi connectivity index (χ1v) is 11.6. The lowest BCUT2D eigenvalue weighted by Crippen LogP contribution is -2.47. The SMILES string of the molecule is CC[C@H](C(=O)Nc1ccc(N2CCCC2)cc1)N(c1ccccc1F)S(C)(=O)=O. The maximum absolute atomic E-state index is 14.3. The van der Waals surface area contributed by atoms with E-state index in [0.717, 1.165) is 29.3 Å². The van der Waals surface area contributed by atoms with E-state index in [9.17, 15) is 17.6 Å². The molecule has 1 saturated heterocycles. The van der Waals surface area contributed by atoms with Crippen LogP contribution in [0.2, 0.25) is 0 Å². The zero-order chi connectivity index (χ0) is 21.0. The summed E-state index contributed by atoms with van der Waals surface area (Å²) in [7, 11) is -3.88. The summed E-state index contributed by atoms with van der Waals surface area (Å²) < 4.78 is 40.0. The third-order valence-electron chi connectivity index (χ3n) is 5.03. The van der Waals surface area contributed by atoms with E-state index in [-0.39, 0.29) is 12.1 Å². The van der Waals surface area contributed by atoms with Gasteiger partial charge >= 0.3 is 0 Å². The molecule has 1 aliphatic heterocycles. The number of halogens is 1. The molecule has 3 rings (SSSR count). The highest BCUT2D eigenvalue weighted by molar-refractivity contribution is 7.92. The van der Waals surface area contributed by atoms with E-state index in [0.29, 0.717) is 5.69 Å². The number of hydrogen-bond donors (Lipinski definition) is 1. The number of sulfonamides is 1. The van der Waals surface area contributed by atoms with Crippen LogP contribution in [0.15, 0.2) is 48.5 Å². The van der Waals surface area contributed by atoms with E-state index in [1.54, 1.807) is 19.1 Å². The van der Waals surface area contributed by atoms with Crippen molar-refractivity contribution >= 4 is 33.0 Å². The molecule has 0 aromatic heterocycles. The molecule has 0 bridgehead atoms. The van der Waals surface area contributed by atoms with Gasteiger partial charge in [-0.25, -0.2) is 12.8 Å². The van der Waals surface area contributed by atoms with Gasteiger partial charge in [-0.2, -0.15) is 0 Å². The third-order valence-corrected chi connectivity index (χ3v) is 6.19. The van der Waals surface area contributed by atoms with Crippen molar-refractivity contribution in [2.75, 3.05) is 33.9 Å². The molecule has 0 saturated carbocycles. The van der Waals surface area contributed by atoms with E-state index < -0.39 is 27.8 Å². The normalized spacial score (nSPS) is 15.2. The molecule has 8 heteroatoms. The zero-order valence-corrected chi connectivity index (χ0v) is 17.5. The fraction of sp³-hybridized carbons (Fsp3) is 0.381. The molecule has 0 unspecified atom stereocenters. The number of anilines is 3. The van der Waals surface area contributed by atoms with Gasteiger partial charge in [0.1, 0.15) is 11.9 Å². The van der Waals surface area contributed by atoms with Gasteiger partial charge in [-0.05, 0) is 55.7 Å². The second-order valence-electron chi connectivity index (χ2n) is 7.16. The Bertz CT molecular complexity index is 957. The van der Waals surface area contributed by atoms with Crippen LogP contribution in [0, 0.1) is 5.82 Å². The van der Waals surface area contributed by atoms with E-state index >= 15 is 0 Å². The van der Waals surface area contributed by atoms with Crippen LogP contribution in [0.25, 0.3) is 0 Å². The predicted octanol–water partition coefficient (Wildman–Crippen LogP) is 3.61. The Balaban J connectivity index is 1.82. The molecule has 6 nitrogen and oxygen atoms in total. The van der Waals surface area contributed by atoms with Gasteiger partial charge < -0.3 is 10.2 Å². The fourth-order valence-corrected chi connectivity index (χ4v) is 4.83. The molecule has 2 aromatic rings. The van der Waals surface area contributed by atoms with Gasteiger partial charge in [0.15, 0.2) is 0 Å². The lowest BCUT2D eigenvalue weighted by molar-refractivity contribution is -0.117. The molecule has 2 aromatic carbocycles. The van der Waals surface area contributed by atoms with Crippen LogP contribution in [0.1, 0.15) is 26.2 Å². The summed E-state index contributed by atoms with van der Waals surface area (Å²) in [4.78, 5) is 15.2. The standard InChI is InChI=1S/C21H26FN3O3S/c1-3-19(25(29(2,27)28)20-9-5-4-8-18(20)22)21(26)23-16-10-12-17(13-11-16)24-14-6-7-15-24/h4-5,8-13,19H,3,6-7,14-15H2,1-2H3,(H,23,26)/t19-/m1/s1. The van der Waals surface area contributed by atoms with Crippen LogP contribution in [-0.4, -0.2) is 39.7 Å². The van der Waals surface area contributed by atoms with Crippen LogP contribution in [0.5, 0.6) is 0 Å². The minimum Gasteiger partial charge on any atom is -0.372 e. The quantitative estimate of drug-likeness (QED) is 0.744. The van der Waals surface area contributed by atoms with Crippen molar-refractivity contribution in [2.45, 2.75) is 32.2 Å². The first-order chi connectivity index (χ1) is 13.8. The molecule has 1 amide bonds. The monoisotopic (exact) mass is 419 g/mol. The summed E-state index contributed by atoms with van der Waals surface area (Å²) in [6, 6.07) is 11.9. The van der Waals surface area contributed by atoms with Crippen molar-refractivity contribution in [3.8, 4) is 0 Å². The van der Waals surface area contributed by atoms with Crippen LogP contribution in [-0.2, 0) is 14.8 Å². The van der Waals surface area contributed by atoms with Gasteiger partial charge in [0.2, 0.25) is 15.9 Å². The Morgan fingerprint density at radius 1 is 1.14 bits per heavy atom. The molecular weight excluding hydrogens is 393 g/mol. The molecule has 1 N–H and O–H groups in total. The number of amides is 1. The topological polar surface area (TPSA) is 69.7 Å². The lowest BCUT2D eigenvalue weighted by atomic mass is 10.1. The van der Waals surface area contributed by atoms with Crippen LogP contribution in [0.3, 0.4) is 0 Å². The fourth-order valence-electron chi connectivity index (χ4n) is 3.62. The van der Waals surface area contributed by atoms with Gasteiger partial charge in [0.25, 0.3) is 0 Å². The first-order valence-electron chi connectivity index (χ1n) is 9.71. The predicted molar refractivity (Wildman–Crippen MR) is 114 cm³/mol. The summed E-state index contributed by atoms with van der Waals surface area (Å²) in [5.74, 6) is -1.20. The van der Waals surface area contributed by atoms with E-state index in [2.05, 4.69) is 10.2 Å². The Hall–Kier alpha value is -2.61. The Labute approximate surface area is 171 Å². The molecule has 0 aliphatic carbocycles. The molecule has 29 heavy (non-hydrogen) atoms. The number of carbonyl (C=O) groups is 1. The average Bonchev–Trinajstić information content (AvgIpc) is 3.21. The molecule has 0 radical (unpaired) electrons. The van der Waals surface area contributed by atoms with Crippen LogP contribution >= 0.6 is 0 Å². The van der Waals surface area contributed by atoms with Crippen molar-refractivity contribution in [2.24, 2.45) is 0 Å². The summed E-state index contributed by atoms with van der Waals surface area (Å²) in [6.07, 6.45) is 3.52. The molecule has 1 aliphatic rings. The summed E-state index contributed by atoms with van der Waals surface area (Å²) in [5, 5.41) is 2.77.